The maximum absolute atomic E-state index is 11.9. The summed E-state index contributed by atoms with van der Waals surface area (Å²) in [7, 11) is 0. The van der Waals surface area contributed by atoms with Crippen molar-refractivity contribution in [2.75, 3.05) is 18.0 Å². The zero-order chi connectivity index (χ0) is 16.8. The largest absolute Gasteiger partial charge is 0.357 e. The van der Waals surface area contributed by atoms with Crippen molar-refractivity contribution in [1.82, 2.24) is 15.6 Å². The fourth-order valence-corrected chi connectivity index (χ4v) is 3.69. The van der Waals surface area contributed by atoms with Gasteiger partial charge in [0.1, 0.15) is 5.82 Å². The molecule has 2 aromatic rings. The number of urea groups is 1. The molecule has 2 N–H and O–H groups in total. The van der Waals surface area contributed by atoms with E-state index in [1.54, 1.807) is 11.3 Å². The second-order valence-electron chi connectivity index (χ2n) is 6.12. The Bertz CT molecular complexity index is 679. The molecule has 0 atom stereocenters. The summed E-state index contributed by atoms with van der Waals surface area (Å²) in [6.07, 6.45) is 5.60. The highest BCUT2D eigenvalue weighted by Crippen LogP contribution is 2.18. The lowest BCUT2D eigenvalue weighted by atomic mass is 10.1. The fraction of sp³-hybridized carbons (Fsp3) is 0.444. The number of pyridine rings is 1. The van der Waals surface area contributed by atoms with Crippen molar-refractivity contribution in [2.24, 2.45) is 0 Å². The summed E-state index contributed by atoms with van der Waals surface area (Å²) in [5, 5.41) is 5.81. The first kappa shape index (κ1) is 16.8. The summed E-state index contributed by atoms with van der Waals surface area (Å²) in [6.45, 7) is 5.30. The van der Waals surface area contributed by atoms with Crippen LogP contribution < -0.4 is 15.5 Å². The van der Waals surface area contributed by atoms with Gasteiger partial charge in [0.25, 0.3) is 0 Å². The maximum atomic E-state index is 11.9. The van der Waals surface area contributed by atoms with Crippen molar-refractivity contribution >= 4 is 23.2 Å². The van der Waals surface area contributed by atoms with Gasteiger partial charge in [-0.3, -0.25) is 0 Å². The lowest BCUT2D eigenvalue weighted by Crippen LogP contribution is -2.34. The van der Waals surface area contributed by atoms with Crippen LogP contribution in [0.5, 0.6) is 0 Å². The molecule has 0 aromatic carbocycles. The number of carbonyl (C=O) groups is 1. The Balaban J connectivity index is 1.47. The molecule has 0 radical (unpaired) electrons. The van der Waals surface area contributed by atoms with Crippen LogP contribution in [0.1, 0.15) is 34.6 Å². The van der Waals surface area contributed by atoms with Crippen LogP contribution in [0, 0.1) is 6.92 Å². The Kier molecular flexibility index (Phi) is 5.69. The number of hydrogen-bond acceptors (Lipinski definition) is 4. The molecule has 6 heteroatoms. The average Bonchev–Trinajstić information content (AvgIpc) is 3.04. The number of thiophene rings is 1. The number of anilines is 1. The van der Waals surface area contributed by atoms with Crippen LogP contribution in [0.15, 0.2) is 30.5 Å². The predicted molar refractivity (Wildman–Crippen MR) is 98.4 cm³/mol. The molecule has 2 amide bonds. The van der Waals surface area contributed by atoms with Gasteiger partial charge in [-0.1, -0.05) is 0 Å². The molecule has 24 heavy (non-hydrogen) atoms. The van der Waals surface area contributed by atoms with E-state index < -0.39 is 0 Å². The highest BCUT2D eigenvalue weighted by Gasteiger charge is 2.12. The Morgan fingerprint density at radius 3 is 2.71 bits per heavy atom. The fourth-order valence-electron chi connectivity index (χ4n) is 2.86. The maximum Gasteiger partial charge on any atom is 0.315 e. The van der Waals surface area contributed by atoms with Crippen LogP contribution in [0.4, 0.5) is 10.6 Å². The number of aromatic nitrogens is 1. The second-order valence-corrected chi connectivity index (χ2v) is 7.49. The quantitative estimate of drug-likeness (QED) is 0.873. The van der Waals surface area contributed by atoms with Crippen LogP contribution in [0.2, 0.25) is 0 Å². The second kappa shape index (κ2) is 8.15. The summed E-state index contributed by atoms with van der Waals surface area (Å²) in [6, 6.07) is 8.01. The highest BCUT2D eigenvalue weighted by molar-refractivity contribution is 7.11. The zero-order valence-electron chi connectivity index (χ0n) is 14.0. The summed E-state index contributed by atoms with van der Waals surface area (Å²) >= 11 is 1.71. The third-order valence-electron chi connectivity index (χ3n) is 4.16. The van der Waals surface area contributed by atoms with Gasteiger partial charge in [-0.15, -0.1) is 11.3 Å². The van der Waals surface area contributed by atoms with Crippen LogP contribution >= 0.6 is 11.3 Å². The molecule has 0 saturated carbocycles. The minimum atomic E-state index is -0.141. The summed E-state index contributed by atoms with van der Waals surface area (Å²) in [5.74, 6) is 1.02. The van der Waals surface area contributed by atoms with Crippen LogP contribution in [0.25, 0.3) is 0 Å². The number of amides is 2. The number of nitrogens with zero attached hydrogens (tertiary/aromatic N) is 2. The molecule has 0 unspecified atom stereocenters. The number of nitrogens with one attached hydrogen (secondary N) is 2. The summed E-state index contributed by atoms with van der Waals surface area (Å²) in [4.78, 5) is 21.2. The van der Waals surface area contributed by atoms with Crippen LogP contribution in [0.3, 0.4) is 0 Å². The van der Waals surface area contributed by atoms with E-state index >= 15 is 0 Å². The van der Waals surface area contributed by atoms with Crippen LogP contribution in [-0.2, 0) is 13.1 Å². The summed E-state index contributed by atoms with van der Waals surface area (Å²) < 4.78 is 0. The van der Waals surface area contributed by atoms with E-state index in [1.165, 1.54) is 29.0 Å². The van der Waals surface area contributed by atoms with E-state index in [-0.39, 0.29) is 6.03 Å². The van der Waals surface area contributed by atoms with Gasteiger partial charge in [0, 0.05) is 35.6 Å². The molecule has 1 aliphatic rings. The molecule has 2 aromatic heterocycles. The van der Waals surface area contributed by atoms with Crippen LogP contribution in [-0.4, -0.2) is 24.1 Å². The third-order valence-corrected chi connectivity index (χ3v) is 5.16. The van der Waals surface area contributed by atoms with Crippen molar-refractivity contribution in [1.29, 1.82) is 0 Å². The molecule has 128 valence electrons. The first-order chi connectivity index (χ1) is 11.7. The minimum Gasteiger partial charge on any atom is -0.357 e. The Labute approximate surface area is 147 Å². The SMILES string of the molecule is Cc1ccc(CNC(=O)NCc2ccnc(N3CCCCC3)c2)s1. The topological polar surface area (TPSA) is 57.3 Å². The van der Waals surface area contributed by atoms with Crippen molar-refractivity contribution in [2.45, 2.75) is 39.3 Å². The predicted octanol–water partition coefficient (Wildman–Crippen LogP) is 3.44. The van der Waals surface area contributed by atoms with Crippen molar-refractivity contribution in [3.05, 3.63) is 45.8 Å². The first-order valence-corrected chi connectivity index (χ1v) is 9.29. The lowest BCUT2D eigenvalue weighted by Gasteiger charge is -2.27. The number of hydrogen-bond donors (Lipinski definition) is 2. The van der Waals surface area contributed by atoms with E-state index in [4.69, 9.17) is 0 Å². The Hall–Kier alpha value is -2.08. The van der Waals surface area contributed by atoms with E-state index in [2.05, 4.69) is 39.6 Å². The van der Waals surface area contributed by atoms with Gasteiger partial charge in [0.15, 0.2) is 0 Å². The van der Waals surface area contributed by atoms with Gasteiger partial charge < -0.3 is 15.5 Å². The first-order valence-electron chi connectivity index (χ1n) is 8.47. The molecular formula is C18H24N4OS. The highest BCUT2D eigenvalue weighted by atomic mass is 32.1. The van der Waals surface area contributed by atoms with Gasteiger partial charge in [0.2, 0.25) is 0 Å². The normalized spacial score (nSPS) is 14.5. The van der Waals surface area contributed by atoms with E-state index in [0.29, 0.717) is 13.1 Å². The Morgan fingerprint density at radius 1 is 1.17 bits per heavy atom. The molecule has 5 nitrogen and oxygen atoms in total. The number of aryl methyl sites for hydroxylation is 1. The van der Waals surface area contributed by atoms with Crippen molar-refractivity contribution in [3.8, 4) is 0 Å². The van der Waals surface area contributed by atoms with Gasteiger partial charge in [-0.25, -0.2) is 9.78 Å². The molecule has 3 rings (SSSR count). The molecule has 0 bridgehead atoms. The molecule has 0 aliphatic carbocycles. The summed E-state index contributed by atoms with van der Waals surface area (Å²) in [5.41, 5.74) is 1.08. The standard InChI is InChI=1S/C18H24N4OS/c1-14-5-6-16(24-14)13-21-18(23)20-12-15-7-8-19-17(11-15)22-9-3-2-4-10-22/h5-8,11H,2-4,9-10,12-13H2,1H3,(H2,20,21,23). The monoisotopic (exact) mass is 344 g/mol. The van der Waals surface area contributed by atoms with E-state index in [0.717, 1.165) is 24.5 Å². The molecular weight excluding hydrogens is 320 g/mol. The van der Waals surface area contributed by atoms with Crippen molar-refractivity contribution < 1.29 is 4.79 Å². The number of piperidine rings is 1. The number of carbonyl (C=O) groups excluding carboxylic acids is 1. The van der Waals surface area contributed by atoms with E-state index in [9.17, 15) is 4.79 Å². The molecule has 1 fully saturated rings. The van der Waals surface area contributed by atoms with Gasteiger partial charge in [-0.05, 0) is 56.0 Å². The lowest BCUT2D eigenvalue weighted by molar-refractivity contribution is 0.240. The molecule has 1 aliphatic heterocycles. The van der Waals surface area contributed by atoms with Gasteiger partial charge in [-0.2, -0.15) is 0 Å². The van der Waals surface area contributed by atoms with Crippen molar-refractivity contribution in [3.63, 3.8) is 0 Å². The Morgan fingerprint density at radius 2 is 1.96 bits per heavy atom. The van der Waals surface area contributed by atoms with E-state index in [1.807, 2.05) is 18.3 Å². The number of rotatable bonds is 5. The minimum absolute atomic E-state index is 0.141. The van der Waals surface area contributed by atoms with Gasteiger partial charge in [0.05, 0.1) is 6.54 Å². The molecule has 1 saturated heterocycles. The zero-order valence-corrected chi connectivity index (χ0v) is 14.9. The average molecular weight is 344 g/mol. The van der Waals surface area contributed by atoms with Gasteiger partial charge >= 0.3 is 6.03 Å². The molecule has 0 spiro atoms. The molecule has 3 heterocycles. The smallest absolute Gasteiger partial charge is 0.315 e. The third kappa shape index (κ3) is 4.71.